The number of nitriles is 1. The molecular formula is C37H36F6N8O2. The predicted molar refractivity (Wildman–Crippen MR) is 182 cm³/mol. The van der Waals surface area contributed by atoms with Crippen molar-refractivity contribution in [3.63, 3.8) is 0 Å². The SMILES string of the molecule is Cn1cnnc1-c1ccc(C(F)(F)F)cc1-c1cc(NCCCC#N)nc(N2Cc3c(cc(CN4CCOC5(CCCC5)C4)cc3C(F)(F)F)C2=O)c1. The molecule has 4 aromatic rings. The largest absolute Gasteiger partial charge is 0.416 e. The highest BCUT2D eigenvalue weighted by molar-refractivity contribution is 6.10. The second-order valence-electron chi connectivity index (χ2n) is 13.8. The lowest BCUT2D eigenvalue weighted by atomic mass is 9.96. The summed E-state index contributed by atoms with van der Waals surface area (Å²) in [5.41, 5.74) is -1.51. The van der Waals surface area contributed by atoms with Gasteiger partial charge in [-0.25, -0.2) is 4.98 Å². The summed E-state index contributed by atoms with van der Waals surface area (Å²) in [6.45, 7) is 1.64. The van der Waals surface area contributed by atoms with Crippen molar-refractivity contribution < 1.29 is 35.9 Å². The first-order valence-corrected chi connectivity index (χ1v) is 17.3. The van der Waals surface area contributed by atoms with Gasteiger partial charge in [-0.05, 0) is 84.0 Å². The van der Waals surface area contributed by atoms with Crippen molar-refractivity contribution in [1.29, 1.82) is 5.26 Å². The van der Waals surface area contributed by atoms with Crippen molar-refractivity contribution in [1.82, 2.24) is 24.6 Å². The minimum absolute atomic E-state index is 0.0566. The van der Waals surface area contributed by atoms with Gasteiger partial charge in [-0.1, -0.05) is 12.8 Å². The summed E-state index contributed by atoms with van der Waals surface area (Å²) >= 11 is 0. The van der Waals surface area contributed by atoms with Gasteiger partial charge in [0.1, 0.15) is 18.0 Å². The molecule has 0 atom stereocenters. The van der Waals surface area contributed by atoms with E-state index in [1.54, 1.807) is 7.05 Å². The average Bonchev–Trinajstić information content (AvgIpc) is 3.84. The third-order valence-corrected chi connectivity index (χ3v) is 10.1. The monoisotopic (exact) mass is 738 g/mol. The molecule has 4 heterocycles. The lowest BCUT2D eigenvalue weighted by Gasteiger charge is -2.40. The Balaban J connectivity index is 1.29. The molecule has 2 aliphatic heterocycles. The summed E-state index contributed by atoms with van der Waals surface area (Å²) in [6.07, 6.45) is -3.55. The molecule has 1 aliphatic carbocycles. The number of benzene rings is 2. The lowest BCUT2D eigenvalue weighted by Crippen LogP contribution is -2.49. The number of morpholine rings is 1. The third kappa shape index (κ3) is 7.45. The zero-order valence-electron chi connectivity index (χ0n) is 28.8. The highest BCUT2D eigenvalue weighted by atomic mass is 19.4. The Morgan fingerprint density at radius 1 is 1.00 bits per heavy atom. The van der Waals surface area contributed by atoms with Crippen LogP contribution >= 0.6 is 0 Å². The van der Waals surface area contributed by atoms with Gasteiger partial charge in [0.2, 0.25) is 0 Å². The Morgan fingerprint density at radius 2 is 1.79 bits per heavy atom. The van der Waals surface area contributed by atoms with E-state index in [-0.39, 0.29) is 64.8 Å². The second-order valence-corrected chi connectivity index (χ2v) is 13.8. The van der Waals surface area contributed by atoms with Crippen LogP contribution in [0, 0.1) is 11.3 Å². The Morgan fingerprint density at radius 3 is 2.49 bits per heavy atom. The number of ether oxygens (including phenoxy) is 1. The van der Waals surface area contributed by atoms with Crippen molar-refractivity contribution in [2.75, 3.05) is 36.5 Å². The molecule has 0 radical (unpaired) electrons. The molecule has 53 heavy (non-hydrogen) atoms. The maximum atomic E-state index is 14.7. The third-order valence-electron chi connectivity index (χ3n) is 10.1. The molecule has 0 unspecified atom stereocenters. The van der Waals surface area contributed by atoms with Crippen molar-refractivity contribution in [3.05, 3.63) is 76.6 Å². The highest BCUT2D eigenvalue weighted by Gasteiger charge is 2.43. The number of unbranched alkanes of at least 4 members (excludes halogenated alkanes) is 1. The molecule has 2 fully saturated rings. The van der Waals surface area contributed by atoms with Crippen LogP contribution in [0.3, 0.4) is 0 Å². The molecule has 16 heteroatoms. The number of halogens is 6. The highest BCUT2D eigenvalue weighted by Crippen LogP contribution is 2.43. The van der Waals surface area contributed by atoms with Crippen molar-refractivity contribution in [2.24, 2.45) is 7.05 Å². The zero-order chi connectivity index (χ0) is 37.5. The Bertz CT molecular complexity index is 2070. The van der Waals surface area contributed by atoms with Crippen LogP contribution in [-0.2, 0) is 37.2 Å². The predicted octanol–water partition coefficient (Wildman–Crippen LogP) is 7.60. The molecule has 1 saturated carbocycles. The summed E-state index contributed by atoms with van der Waals surface area (Å²) in [7, 11) is 1.63. The quantitative estimate of drug-likeness (QED) is 0.138. The zero-order valence-corrected chi connectivity index (χ0v) is 28.8. The Labute approximate surface area is 301 Å². The molecule has 1 spiro atoms. The molecule has 7 rings (SSSR count). The van der Waals surface area contributed by atoms with Crippen molar-refractivity contribution in [2.45, 2.75) is 69.6 Å². The molecule has 3 aliphatic rings. The number of anilines is 2. The van der Waals surface area contributed by atoms with Gasteiger partial charge in [-0.2, -0.15) is 31.6 Å². The van der Waals surface area contributed by atoms with Gasteiger partial charge in [-0.15, -0.1) is 10.2 Å². The van der Waals surface area contributed by atoms with E-state index in [0.29, 0.717) is 37.2 Å². The summed E-state index contributed by atoms with van der Waals surface area (Å²) in [5, 5.41) is 20.0. The first-order chi connectivity index (χ1) is 25.2. The maximum Gasteiger partial charge on any atom is 0.416 e. The topological polar surface area (TPSA) is 112 Å². The molecule has 2 aromatic heterocycles. The minimum Gasteiger partial charge on any atom is -0.372 e. The van der Waals surface area contributed by atoms with Crippen LogP contribution in [0.5, 0.6) is 0 Å². The summed E-state index contributed by atoms with van der Waals surface area (Å²) in [4.78, 5) is 21.9. The first-order valence-electron chi connectivity index (χ1n) is 17.3. The number of pyridine rings is 1. The van der Waals surface area contributed by atoms with E-state index in [9.17, 15) is 31.1 Å². The van der Waals surface area contributed by atoms with E-state index in [0.717, 1.165) is 48.8 Å². The number of carbonyl (C=O) groups is 1. The molecule has 1 N–H and O–H groups in total. The smallest absolute Gasteiger partial charge is 0.372 e. The molecule has 0 bridgehead atoms. The number of hydrogen-bond donors (Lipinski definition) is 1. The first kappa shape index (κ1) is 36.4. The lowest BCUT2D eigenvalue weighted by molar-refractivity contribution is -0.138. The molecule has 2 aromatic carbocycles. The molecule has 1 amide bonds. The van der Waals surface area contributed by atoms with E-state index in [1.807, 2.05) is 6.07 Å². The number of aryl methyl sites for hydroxylation is 1. The van der Waals surface area contributed by atoms with E-state index < -0.39 is 35.9 Å². The van der Waals surface area contributed by atoms with Crippen LogP contribution in [0.4, 0.5) is 38.0 Å². The van der Waals surface area contributed by atoms with Crippen LogP contribution in [0.2, 0.25) is 0 Å². The number of hydrogen-bond acceptors (Lipinski definition) is 8. The number of alkyl halides is 6. The number of nitrogens with zero attached hydrogens (tertiary/aromatic N) is 7. The number of carbonyl (C=O) groups excluding carboxylic acids is 1. The number of nitrogens with one attached hydrogen (secondary N) is 1. The summed E-state index contributed by atoms with van der Waals surface area (Å²) < 4.78 is 93.8. The fraction of sp³-hybridized carbons (Fsp3) is 0.432. The fourth-order valence-corrected chi connectivity index (χ4v) is 7.60. The minimum atomic E-state index is -4.76. The van der Waals surface area contributed by atoms with E-state index in [2.05, 4.69) is 25.4 Å². The Hall–Kier alpha value is -5.01. The van der Waals surface area contributed by atoms with Gasteiger partial charge in [0, 0.05) is 50.8 Å². The molecule has 1 saturated heterocycles. The van der Waals surface area contributed by atoms with Crippen LogP contribution in [0.15, 0.2) is 48.8 Å². The van der Waals surface area contributed by atoms with Gasteiger partial charge < -0.3 is 14.6 Å². The summed E-state index contributed by atoms with van der Waals surface area (Å²) in [6, 6.07) is 10.7. The van der Waals surface area contributed by atoms with Crippen molar-refractivity contribution >= 4 is 17.5 Å². The van der Waals surface area contributed by atoms with Gasteiger partial charge in [0.15, 0.2) is 5.82 Å². The number of amides is 1. The molecule has 10 nitrogen and oxygen atoms in total. The fourth-order valence-electron chi connectivity index (χ4n) is 7.60. The van der Waals surface area contributed by atoms with E-state index in [4.69, 9.17) is 10.00 Å². The normalized spacial score (nSPS) is 17.4. The van der Waals surface area contributed by atoms with E-state index in [1.165, 1.54) is 35.2 Å². The maximum absolute atomic E-state index is 14.7. The van der Waals surface area contributed by atoms with E-state index >= 15 is 0 Å². The summed E-state index contributed by atoms with van der Waals surface area (Å²) in [5.74, 6) is -0.342. The van der Waals surface area contributed by atoms with Crippen LogP contribution < -0.4 is 10.2 Å². The number of rotatable bonds is 9. The molecule has 278 valence electrons. The van der Waals surface area contributed by atoms with Crippen molar-refractivity contribution in [3.8, 4) is 28.6 Å². The Kier molecular flexibility index (Phi) is 9.66. The average molecular weight is 739 g/mol. The standard InChI is InChI=1S/C37H36F6N8O2/c1-49-22-46-48-33(49)26-7-6-25(36(38,39)40)18-27(26)24-16-31(45-11-5-4-10-44)47-32(17-24)51-20-29-28(34(51)52)14-23(15-30(29)37(41,42)43)19-50-12-13-53-35(21-50)8-2-3-9-35/h6-7,14-18,22H,2-5,8-9,11-13,19-21H2,1H3,(H,45,47). The van der Waals surface area contributed by atoms with Crippen LogP contribution in [0.25, 0.3) is 22.5 Å². The molecular weight excluding hydrogens is 702 g/mol. The second kappa shape index (κ2) is 14.1. The number of aromatic nitrogens is 4. The van der Waals surface area contributed by atoms with Gasteiger partial charge >= 0.3 is 12.4 Å². The van der Waals surface area contributed by atoms with Gasteiger partial charge in [-0.3, -0.25) is 14.6 Å². The van der Waals surface area contributed by atoms with Crippen LogP contribution in [-0.4, -0.2) is 62.4 Å². The van der Waals surface area contributed by atoms with Crippen LogP contribution in [0.1, 0.15) is 71.1 Å². The van der Waals surface area contributed by atoms with Gasteiger partial charge in [0.05, 0.1) is 35.9 Å². The number of fused-ring (bicyclic) bond motifs is 1. The van der Waals surface area contributed by atoms with Gasteiger partial charge in [0.25, 0.3) is 5.91 Å².